The van der Waals surface area contributed by atoms with Gasteiger partial charge in [0.05, 0.1) is 0 Å². The highest BCUT2D eigenvalue weighted by atomic mass is 16.5. The lowest BCUT2D eigenvalue weighted by atomic mass is 10.0. The molecule has 2 rings (SSSR count). The first kappa shape index (κ1) is 19.8. The predicted molar refractivity (Wildman–Crippen MR) is 105 cm³/mol. The van der Waals surface area contributed by atoms with Crippen molar-refractivity contribution in [2.75, 3.05) is 30.9 Å². The quantitative estimate of drug-likeness (QED) is 0.671. The summed E-state index contributed by atoms with van der Waals surface area (Å²) >= 11 is 0. The monoisotopic (exact) mass is 356 g/mol. The first-order valence-electron chi connectivity index (χ1n) is 9.09. The Morgan fingerprint density at radius 3 is 2.46 bits per heavy atom. The van der Waals surface area contributed by atoms with Crippen molar-refractivity contribution in [1.29, 1.82) is 0 Å². The van der Waals surface area contributed by atoms with Crippen molar-refractivity contribution in [1.82, 2.24) is 9.97 Å². The molecule has 0 aliphatic rings. The normalized spacial score (nSPS) is 10.6. The maximum absolute atomic E-state index is 12.8. The van der Waals surface area contributed by atoms with E-state index in [9.17, 15) is 4.79 Å². The van der Waals surface area contributed by atoms with E-state index in [0.717, 1.165) is 42.6 Å². The van der Waals surface area contributed by atoms with Gasteiger partial charge in [-0.15, -0.1) is 0 Å². The zero-order valence-corrected chi connectivity index (χ0v) is 16.1. The van der Waals surface area contributed by atoms with E-state index in [2.05, 4.69) is 34.4 Å². The number of ether oxygens (including phenoxy) is 1. The van der Waals surface area contributed by atoms with E-state index in [-0.39, 0.29) is 5.91 Å². The van der Waals surface area contributed by atoms with Crippen LogP contribution in [0.15, 0.2) is 24.3 Å². The van der Waals surface area contributed by atoms with Gasteiger partial charge in [0.2, 0.25) is 0 Å². The first-order valence-corrected chi connectivity index (χ1v) is 9.09. The Balaban J connectivity index is 2.18. The molecule has 1 amide bonds. The standard InChI is InChI=1S/C20H28N4O2/c1-5-15-9-7-10-16(6-2)19(15)24-20(25)17-13-18(23-14(3)22-17)21-11-8-12-26-4/h7,9-10,13H,5-6,8,11-12H2,1-4H3,(H,24,25)(H,21,22,23). The van der Waals surface area contributed by atoms with Gasteiger partial charge in [0.1, 0.15) is 17.3 Å². The summed E-state index contributed by atoms with van der Waals surface area (Å²) in [6.07, 6.45) is 2.59. The SMILES string of the molecule is CCc1cccc(CC)c1NC(=O)c1cc(NCCCOC)nc(C)n1. The van der Waals surface area contributed by atoms with Crippen LogP contribution in [-0.2, 0) is 17.6 Å². The topological polar surface area (TPSA) is 76.1 Å². The number of aromatic nitrogens is 2. The van der Waals surface area contributed by atoms with Crippen LogP contribution in [-0.4, -0.2) is 36.1 Å². The molecule has 0 bridgehead atoms. The molecule has 0 aliphatic carbocycles. The zero-order valence-electron chi connectivity index (χ0n) is 16.1. The van der Waals surface area contributed by atoms with Gasteiger partial charge in [-0.2, -0.15) is 0 Å². The summed E-state index contributed by atoms with van der Waals surface area (Å²) in [6, 6.07) is 7.81. The molecule has 0 aliphatic heterocycles. The minimum Gasteiger partial charge on any atom is -0.385 e. The van der Waals surface area contributed by atoms with Crippen LogP contribution in [0.2, 0.25) is 0 Å². The van der Waals surface area contributed by atoms with Crippen molar-refractivity contribution in [3.63, 3.8) is 0 Å². The van der Waals surface area contributed by atoms with Gasteiger partial charge in [-0.05, 0) is 37.3 Å². The fourth-order valence-electron chi connectivity index (χ4n) is 2.79. The van der Waals surface area contributed by atoms with Crippen molar-refractivity contribution in [2.45, 2.75) is 40.0 Å². The number of amides is 1. The highest BCUT2D eigenvalue weighted by molar-refractivity contribution is 6.04. The third kappa shape index (κ3) is 5.26. The molecule has 140 valence electrons. The number of hydrogen-bond acceptors (Lipinski definition) is 5. The minimum absolute atomic E-state index is 0.217. The predicted octanol–water partition coefficient (Wildman–Crippen LogP) is 3.61. The molecule has 2 N–H and O–H groups in total. The molecule has 26 heavy (non-hydrogen) atoms. The molecule has 0 radical (unpaired) electrons. The Hall–Kier alpha value is -2.47. The molecule has 1 aromatic carbocycles. The summed E-state index contributed by atoms with van der Waals surface area (Å²) in [7, 11) is 1.68. The Labute approximate surface area is 155 Å². The fraction of sp³-hybridized carbons (Fsp3) is 0.450. The van der Waals surface area contributed by atoms with Crippen LogP contribution < -0.4 is 10.6 Å². The van der Waals surface area contributed by atoms with Gasteiger partial charge < -0.3 is 15.4 Å². The van der Waals surface area contributed by atoms with E-state index in [1.807, 2.05) is 18.2 Å². The molecule has 6 nitrogen and oxygen atoms in total. The van der Waals surface area contributed by atoms with Crippen molar-refractivity contribution in [3.05, 3.63) is 46.9 Å². The van der Waals surface area contributed by atoms with E-state index in [4.69, 9.17) is 4.74 Å². The van der Waals surface area contributed by atoms with E-state index >= 15 is 0 Å². The average molecular weight is 356 g/mol. The number of rotatable bonds is 9. The lowest BCUT2D eigenvalue weighted by Crippen LogP contribution is -2.18. The van der Waals surface area contributed by atoms with E-state index in [1.54, 1.807) is 20.1 Å². The summed E-state index contributed by atoms with van der Waals surface area (Å²) in [5.41, 5.74) is 3.51. The smallest absolute Gasteiger partial charge is 0.274 e. The summed E-state index contributed by atoms with van der Waals surface area (Å²) < 4.78 is 5.04. The van der Waals surface area contributed by atoms with Gasteiger partial charge in [0.15, 0.2) is 0 Å². The third-order valence-corrected chi connectivity index (χ3v) is 4.14. The molecule has 0 unspecified atom stereocenters. The number of benzene rings is 1. The second-order valence-corrected chi connectivity index (χ2v) is 6.07. The number of nitrogens with one attached hydrogen (secondary N) is 2. The summed E-state index contributed by atoms with van der Waals surface area (Å²) in [5.74, 6) is 0.996. The maximum Gasteiger partial charge on any atom is 0.274 e. The number of para-hydroxylation sites is 1. The number of methoxy groups -OCH3 is 1. The van der Waals surface area contributed by atoms with Crippen molar-refractivity contribution in [2.24, 2.45) is 0 Å². The average Bonchev–Trinajstić information content (AvgIpc) is 2.65. The number of carbonyl (C=O) groups is 1. The van der Waals surface area contributed by atoms with Gasteiger partial charge >= 0.3 is 0 Å². The van der Waals surface area contributed by atoms with Gasteiger partial charge in [0, 0.05) is 32.0 Å². The molecule has 0 fully saturated rings. The molecule has 1 heterocycles. The highest BCUT2D eigenvalue weighted by Gasteiger charge is 2.14. The Morgan fingerprint density at radius 1 is 1.15 bits per heavy atom. The van der Waals surface area contributed by atoms with Gasteiger partial charge in [-0.1, -0.05) is 32.0 Å². The van der Waals surface area contributed by atoms with Crippen molar-refractivity contribution < 1.29 is 9.53 Å². The van der Waals surface area contributed by atoms with Gasteiger partial charge in [-0.3, -0.25) is 4.79 Å². The zero-order chi connectivity index (χ0) is 18.9. The summed E-state index contributed by atoms with van der Waals surface area (Å²) in [5, 5.41) is 6.26. The van der Waals surface area contributed by atoms with E-state index < -0.39 is 0 Å². The van der Waals surface area contributed by atoms with Crippen molar-refractivity contribution >= 4 is 17.4 Å². The maximum atomic E-state index is 12.8. The molecule has 0 saturated carbocycles. The largest absolute Gasteiger partial charge is 0.385 e. The highest BCUT2D eigenvalue weighted by Crippen LogP contribution is 2.23. The molecule has 0 spiro atoms. The molecule has 0 saturated heterocycles. The number of anilines is 2. The number of carbonyl (C=O) groups excluding carboxylic acids is 1. The fourth-order valence-corrected chi connectivity index (χ4v) is 2.79. The van der Waals surface area contributed by atoms with Crippen LogP contribution in [0.3, 0.4) is 0 Å². The second kappa shape index (κ2) is 9.87. The van der Waals surface area contributed by atoms with Gasteiger partial charge in [-0.25, -0.2) is 9.97 Å². The van der Waals surface area contributed by atoms with Crippen LogP contribution in [0.1, 0.15) is 47.7 Å². The molecular weight excluding hydrogens is 328 g/mol. The third-order valence-electron chi connectivity index (χ3n) is 4.14. The number of aryl methyl sites for hydroxylation is 3. The summed E-state index contributed by atoms with van der Waals surface area (Å²) in [4.78, 5) is 21.4. The van der Waals surface area contributed by atoms with E-state index in [0.29, 0.717) is 23.9 Å². The number of hydrogen-bond donors (Lipinski definition) is 2. The Bertz CT molecular complexity index is 724. The minimum atomic E-state index is -0.217. The van der Waals surface area contributed by atoms with Crippen LogP contribution in [0.5, 0.6) is 0 Å². The van der Waals surface area contributed by atoms with Crippen LogP contribution in [0.4, 0.5) is 11.5 Å². The molecule has 0 atom stereocenters. The Morgan fingerprint density at radius 2 is 1.85 bits per heavy atom. The first-order chi connectivity index (χ1) is 12.6. The molecular formula is C20H28N4O2. The molecule has 2 aromatic rings. The summed E-state index contributed by atoms with van der Waals surface area (Å²) in [6.45, 7) is 7.36. The van der Waals surface area contributed by atoms with Gasteiger partial charge in [0.25, 0.3) is 5.91 Å². The molecule has 1 aromatic heterocycles. The lowest BCUT2D eigenvalue weighted by Gasteiger charge is -2.15. The number of nitrogens with zero attached hydrogens (tertiary/aromatic N) is 2. The lowest BCUT2D eigenvalue weighted by molar-refractivity contribution is 0.102. The van der Waals surface area contributed by atoms with Crippen LogP contribution in [0.25, 0.3) is 0 Å². The van der Waals surface area contributed by atoms with Crippen molar-refractivity contribution in [3.8, 4) is 0 Å². The second-order valence-electron chi connectivity index (χ2n) is 6.07. The Kier molecular flexibility index (Phi) is 7.53. The van der Waals surface area contributed by atoms with E-state index in [1.165, 1.54) is 0 Å². The van der Waals surface area contributed by atoms with Crippen LogP contribution >= 0.6 is 0 Å². The molecule has 6 heteroatoms. The van der Waals surface area contributed by atoms with Crippen LogP contribution in [0, 0.1) is 6.92 Å².